The highest BCUT2D eigenvalue weighted by atomic mass is 19.1. The van der Waals surface area contributed by atoms with E-state index in [0.717, 1.165) is 5.56 Å². The second-order valence-electron chi connectivity index (χ2n) is 3.41. The Labute approximate surface area is 98.1 Å². The Balaban J connectivity index is 1.98. The number of nitriles is 1. The third kappa shape index (κ3) is 3.02. The zero-order valence-electron chi connectivity index (χ0n) is 8.93. The highest BCUT2D eigenvalue weighted by Gasteiger charge is 1.98. The van der Waals surface area contributed by atoms with Gasteiger partial charge in [-0.05, 0) is 23.8 Å². The third-order valence-corrected chi connectivity index (χ3v) is 2.17. The topological polar surface area (TPSA) is 45.9 Å². The average Bonchev–Trinajstić information content (AvgIpc) is 2.39. The minimum Gasteiger partial charge on any atom is -0.473 e. The zero-order chi connectivity index (χ0) is 12.1. The number of aromatic nitrogens is 1. The van der Waals surface area contributed by atoms with Crippen molar-refractivity contribution in [2.24, 2.45) is 0 Å². The summed E-state index contributed by atoms with van der Waals surface area (Å²) in [6, 6.07) is 11.3. The minimum atomic E-state index is -0.273. The first-order chi connectivity index (χ1) is 8.28. The number of hydrogen-bond donors (Lipinski definition) is 0. The van der Waals surface area contributed by atoms with Crippen molar-refractivity contribution in [1.29, 1.82) is 5.26 Å². The van der Waals surface area contributed by atoms with E-state index in [1.807, 2.05) is 6.07 Å². The summed E-state index contributed by atoms with van der Waals surface area (Å²) < 4.78 is 18.0. The van der Waals surface area contributed by atoms with Crippen molar-refractivity contribution in [2.75, 3.05) is 0 Å². The first-order valence-corrected chi connectivity index (χ1v) is 5.01. The first-order valence-electron chi connectivity index (χ1n) is 5.01. The molecule has 0 saturated carbocycles. The van der Waals surface area contributed by atoms with E-state index in [0.29, 0.717) is 18.1 Å². The molecule has 0 aliphatic rings. The van der Waals surface area contributed by atoms with Crippen molar-refractivity contribution < 1.29 is 9.13 Å². The van der Waals surface area contributed by atoms with E-state index in [1.165, 1.54) is 18.3 Å². The standard InChI is InChI=1S/C13H9FN2O/c14-12-4-1-10(2-5-12)9-17-13-6-3-11(7-15)8-16-13/h1-6,8H,9H2. The number of pyridine rings is 1. The van der Waals surface area contributed by atoms with Gasteiger partial charge < -0.3 is 4.74 Å². The van der Waals surface area contributed by atoms with Gasteiger partial charge in [0.05, 0.1) is 5.56 Å². The van der Waals surface area contributed by atoms with Gasteiger partial charge in [-0.15, -0.1) is 0 Å². The molecule has 0 bridgehead atoms. The van der Waals surface area contributed by atoms with Crippen LogP contribution in [-0.4, -0.2) is 4.98 Å². The summed E-state index contributed by atoms with van der Waals surface area (Å²) in [4.78, 5) is 3.96. The van der Waals surface area contributed by atoms with Crippen LogP contribution in [0.4, 0.5) is 4.39 Å². The Morgan fingerprint density at radius 1 is 1.18 bits per heavy atom. The Morgan fingerprint density at radius 3 is 2.53 bits per heavy atom. The van der Waals surface area contributed by atoms with E-state index in [-0.39, 0.29) is 5.82 Å². The summed E-state index contributed by atoms with van der Waals surface area (Å²) in [5, 5.41) is 8.60. The molecule has 0 unspecified atom stereocenters. The Bertz CT molecular complexity index is 529. The van der Waals surface area contributed by atoms with E-state index in [9.17, 15) is 4.39 Å². The van der Waals surface area contributed by atoms with Gasteiger partial charge in [0.1, 0.15) is 18.5 Å². The summed E-state index contributed by atoms with van der Waals surface area (Å²) in [5.74, 6) is 0.165. The van der Waals surface area contributed by atoms with Gasteiger partial charge in [0.15, 0.2) is 0 Å². The van der Waals surface area contributed by atoms with Gasteiger partial charge in [-0.1, -0.05) is 12.1 Å². The van der Waals surface area contributed by atoms with Gasteiger partial charge in [-0.2, -0.15) is 5.26 Å². The largest absolute Gasteiger partial charge is 0.473 e. The van der Waals surface area contributed by atoms with Crippen LogP contribution in [0.3, 0.4) is 0 Å². The van der Waals surface area contributed by atoms with Crippen molar-refractivity contribution in [3.63, 3.8) is 0 Å². The normalized spacial score (nSPS) is 9.65. The molecule has 4 heteroatoms. The van der Waals surface area contributed by atoms with Crippen LogP contribution in [0, 0.1) is 17.1 Å². The van der Waals surface area contributed by atoms with Crippen molar-refractivity contribution in [2.45, 2.75) is 6.61 Å². The summed E-state index contributed by atoms with van der Waals surface area (Å²) in [6.07, 6.45) is 1.44. The van der Waals surface area contributed by atoms with Gasteiger partial charge in [-0.25, -0.2) is 9.37 Å². The van der Waals surface area contributed by atoms with Crippen molar-refractivity contribution in [3.05, 3.63) is 59.5 Å². The zero-order valence-corrected chi connectivity index (χ0v) is 8.93. The van der Waals surface area contributed by atoms with E-state index >= 15 is 0 Å². The van der Waals surface area contributed by atoms with Crippen LogP contribution in [0.25, 0.3) is 0 Å². The average molecular weight is 228 g/mol. The quantitative estimate of drug-likeness (QED) is 0.811. The van der Waals surface area contributed by atoms with Crippen molar-refractivity contribution >= 4 is 0 Å². The molecule has 1 aromatic carbocycles. The molecule has 0 atom stereocenters. The molecule has 0 fully saturated rings. The molecule has 0 aliphatic heterocycles. The second-order valence-corrected chi connectivity index (χ2v) is 3.41. The van der Waals surface area contributed by atoms with Crippen LogP contribution in [0.1, 0.15) is 11.1 Å². The maximum Gasteiger partial charge on any atom is 0.213 e. The molecule has 0 aliphatic carbocycles. The van der Waals surface area contributed by atoms with Crippen LogP contribution in [0.2, 0.25) is 0 Å². The fourth-order valence-electron chi connectivity index (χ4n) is 1.27. The molecule has 3 nitrogen and oxygen atoms in total. The van der Waals surface area contributed by atoms with Gasteiger partial charge in [0.2, 0.25) is 5.88 Å². The number of rotatable bonds is 3. The Hall–Kier alpha value is -2.41. The van der Waals surface area contributed by atoms with Crippen LogP contribution in [0.5, 0.6) is 5.88 Å². The van der Waals surface area contributed by atoms with Gasteiger partial charge >= 0.3 is 0 Å². The molecule has 0 saturated heterocycles. The number of halogens is 1. The maximum atomic E-state index is 12.6. The molecular formula is C13H9FN2O. The molecule has 2 rings (SSSR count). The predicted molar refractivity (Wildman–Crippen MR) is 59.7 cm³/mol. The van der Waals surface area contributed by atoms with Gasteiger partial charge in [0, 0.05) is 12.3 Å². The predicted octanol–water partition coefficient (Wildman–Crippen LogP) is 2.67. The molecule has 17 heavy (non-hydrogen) atoms. The van der Waals surface area contributed by atoms with E-state index in [1.54, 1.807) is 24.3 Å². The molecule has 84 valence electrons. The number of benzene rings is 1. The number of ether oxygens (including phenoxy) is 1. The van der Waals surface area contributed by atoms with E-state index < -0.39 is 0 Å². The highest BCUT2D eigenvalue weighted by molar-refractivity contribution is 5.28. The lowest BCUT2D eigenvalue weighted by Gasteiger charge is -2.04. The molecule has 1 aromatic heterocycles. The molecule has 0 amide bonds. The van der Waals surface area contributed by atoms with Gasteiger partial charge in [0.25, 0.3) is 0 Å². The lowest BCUT2D eigenvalue weighted by molar-refractivity contribution is 0.293. The Morgan fingerprint density at radius 2 is 1.94 bits per heavy atom. The molecule has 0 spiro atoms. The molecule has 0 N–H and O–H groups in total. The summed E-state index contributed by atoms with van der Waals surface area (Å²) in [6.45, 7) is 0.319. The monoisotopic (exact) mass is 228 g/mol. The van der Waals surface area contributed by atoms with Crippen molar-refractivity contribution in [3.8, 4) is 11.9 Å². The fraction of sp³-hybridized carbons (Fsp3) is 0.0769. The Kier molecular flexibility index (Phi) is 3.31. The summed E-state index contributed by atoms with van der Waals surface area (Å²) >= 11 is 0. The van der Waals surface area contributed by atoms with Crippen LogP contribution >= 0.6 is 0 Å². The van der Waals surface area contributed by atoms with E-state index in [2.05, 4.69) is 4.98 Å². The lowest BCUT2D eigenvalue weighted by atomic mass is 10.2. The van der Waals surface area contributed by atoms with Crippen LogP contribution in [-0.2, 0) is 6.61 Å². The third-order valence-electron chi connectivity index (χ3n) is 2.17. The van der Waals surface area contributed by atoms with Crippen LogP contribution < -0.4 is 4.74 Å². The van der Waals surface area contributed by atoms with Crippen molar-refractivity contribution in [1.82, 2.24) is 4.98 Å². The molecular weight excluding hydrogens is 219 g/mol. The number of nitrogens with zero attached hydrogens (tertiary/aromatic N) is 2. The SMILES string of the molecule is N#Cc1ccc(OCc2ccc(F)cc2)nc1. The molecule has 2 aromatic rings. The summed E-state index contributed by atoms with van der Waals surface area (Å²) in [7, 11) is 0. The second kappa shape index (κ2) is 5.08. The highest BCUT2D eigenvalue weighted by Crippen LogP contribution is 2.10. The first kappa shape index (κ1) is 11.1. The molecule has 0 radical (unpaired) electrons. The smallest absolute Gasteiger partial charge is 0.213 e. The maximum absolute atomic E-state index is 12.6. The van der Waals surface area contributed by atoms with Crippen LogP contribution in [0.15, 0.2) is 42.6 Å². The summed E-state index contributed by atoms with van der Waals surface area (Å²) in [5.41, 5.74) is 1.34. The molecule has 1 heterocycles. The number of hydrogen-bond acceptors (Lipinski definition) is 3. The van der Waals surface area contributed by atoms with E-state index in [4.69, 9.17) is 10.00 Å². The lowest BCUT2D eigenvalue weighted by Crippen LogP contribution is -1.97. The fourth-order valence-corrected chi connectivity index (χ4v) is 1.27. The minimum absolute atomic E-state index is 0.273. The van der Waals surface area contributed by atoms with Gasteiger partial charge in [-0.3, -0.25) is 0 Å².